The Balaban J connectivity index is 2.55. The van der Waals surface area contributed by atoms with Crippen LogP contribution in [0.4, 0.5) is 0 Å². The zero-order valence-corrected chi connectivity index (χ0v) is 12.0. The summed E-state index contributed by atoms with van der Waals surface area (Å²) in [7, 11) is 0. The van der Waals surface area contributed by atoms with E-state index in [2.05, 4.69) is 33.0 Å². The Kier molecular flexibility index (Phi) is 5.60. The molecule has 0 aromatic heterocycles. The summed E-state index contributed by atoms with van der Waals surface area (Å²) in [4.78, 5) is 11.2. The minimum atomic E-state index is -0.742. The van der Waals surface area contributed by atoms with Gasteiger partial charge in [-0.25, -0.2) is 0 Å². The van der Waals surface area contributed by atoms with Crippen LogP contribution in [0.2, 0.25) is 0 Å². The molecule has 0 amide bonds. The Morgan fingerprint density at radius 1 is 1.56 bits per heavy atom. The third-order valence-corrected chi connectivity index (χ3v) is 3.79. The van der Waals surface area contributed by atoms with Gasteiger partial charge in [0.1, 0.15) is 6.04 Å². The number of nitrogens with one attached hydrogen (secondary N) is 1. The highest BCUT2D eigenvalue weighted by Crippen LogP contribution is 2.28. The monoisotopic (exact) mass is 257 g/mol. The number of rotatable bonds is 6. The molecule has 106 valence electrons. The maximum atomic E-state index is 11.2. The van der Waals surface area contributed by atoms with Crippen LogP contribution < -0.4 is 5.32 Å². The second-order valence-electron chi connectivity index (χ2n) is 6.03. The smallest absolute Gasteiger partial charge is 0.320 e. The first-order valence-electron chi connectivity index (χ1n) is 6.99. The molecule has 1 fully saturated rings. The fraction of sp³-hybridized carbons (Fsp3) is 0.929. The second-order valence-corrected chi connectivity index (χ2v) is 6.03. The van der Waals surface area contributed by atoms with Crippen molar-refractivity contribution in [3.8, 4) is 0 Å². The third-order valence-electron chi connectivity index (χ3n) is 3.79. The van der Waals surface area contributed by atoms with E-state index in [4.69, 9.17) is 4.74 Å². The molecule has 4 heteroatoms. The predicted octanol–water partition coefficient (Wildman–Crippen LogP) is 2.42. The van der Waals surface area contributed by atoms with E-state index in [0.717, 1.165) is 25.9 Å². The Morgan fingerprint density at radius 2 is 2.22 bits per heavy atom. The first kappa shape index (κ1) is 15.4. The summed E-state index contributed by atoms with van der Waals surface area (Å²) in [5.41, 5.74) is -0.100. The number of hydrogen-bond acceptors (Lipinski definition) is 3. The van der Waals surface area contributed by atoms with E-state index in [1.54, 1.807) is 0 Å². The van der Waals surface area contributed by atoms with Crippen molar-refractivity contribution >= 4 is 5.97 Å². The van der Waals surface area contributed by atoms with Gasteiger partial charge in [0.25, 0.3) is 0 Å². The fourth-order valence-electron chi connectivity index (χ4n) is 2.51. The van der Waals surface area contributed by atoms with Gasteiger partial charge in [0.2, 0.25) is 0 Å². The quantitative estimate of drug-likeness (QED) is 0.767. The lowest BCUT2D eigenvalue weighted by molar-refractivity contribution is -0.141. The van der Waals surface area contributed by atoms with Crippen molar-refractivity contribution < 1.29 is 14.6 Å². The molecule has 2 N–H and O–H groups in total. The van der Waals surface area contributed by atoms with E-state index in [1.807, 2.05) is 0 Å². The lowest BCUT2D eigenvalue weighted by Crippen LogP contribution is -2.50. The highest BCUT2D eigenvalue weighted by atomic mass is 16.5. The molecular formula is C14H27NO3. The minimum Gasteiger partial charge on any atom is -0.480 e. The Labute approximate surface area is 110 Å². The molecule has 1 aliphatic heterocycles. The lowest BCUT2D eigenvalue weighted by Gasteiger charge is -2.39. The number of carboxylic acids is 1. The third kappa shape index (κ3) is 4.58. The van der Waals surface area contributed by atoms with Gasteiger partial charge in [-0.1, -0.05) is 20.8 Å². The zero-order valence-electron chi connectivity index (χ0n) is 12.0. The minimum absolute atomic E-state index is 0.100. The summed E-state index contributed by atoms with van der Waals surface area (Å²) < 4.78 is 5.78. The molecule has 1 heterocycles. The van der Waals surface area contributed by atoms with Crippen LogP contribution in [0.3, 0.4) is 0 Å². The highest BCUT2D eigenvalue weighted by Gasteiger charge is 2.33. The maximum absolute atomic E-state index is 11.2. The van der Waals surface area contributed by atoms with Crippen LogP contribution in [-0.4, -0.2) is 35.4 Å². The van der Waals surface area contributed by atoms with Crippen molar-refractivity contribution in [1.82, 2.24) is 5.32 Å². The first-order chi connectivity index (χ1) is 8.36. The van der Waals surface area contributed by atoms with Gasteiger partial charge in [-0.2, -0.15) is 0 Å². The van der Waals surface area contributed by atoms with Gasteiger partial charge < -0.3 is 15.2 Å². The molecule has 0 aliphatic carbocycles. The van der Waals surface area contributed by atoms with Crippen molar-refractivity contribution in [2.24, 2.45) is 5.92 Å². The van der Waals surface area contributed by atoms with E-state index in [9.17, 15) is 9.90 Å². The van der Waals surface area contributed by atoms with Crippen molar-refractivity contribution in [2.45, 2.75) is 71.1 Å². The fourth-order valence-corrected chi connectivity index (χ4v) is 2.51. The van der Waals surface area contributed by atoms with Crippen molar-refractivity contribution in [1.29, 1.82) is 0 Å². The second kappa shape index (κ2) is 6.53. The first-order valence-corrected chi connectivity index (χ1v) is 6.99. The van der Waals surface area contributed by atoms with Gasteiger partial charge in [0.05, 0.1) is 5.60 Å². The molecular weight excluding hydrogens is 230 g/mol. The molecule has 1 rings (SSSR count). The largest absolute Gasteiger partial charge is 0.480 e. The molecule has 4 nitrogen and oxygen atoms in total. The number of ether oxygens (including phenoxy) is 1. The molecule has 0 saturated carbocycles. The van der Waals surface area contributed by atoms with Crippen LogP contribution >= 0.6 is 0 Å². The Morgan fingerprint density at radius 3 is 2.72 bits per heavy atom. The average molecular weight is 257 g/mol. The SMILES string of the molecule is CCC1(C)CC(NC(CC(C)C)C(=O)O)CCO1. The summed E-state index contributed by atoms with van der Waals surface area (Å²) in [6.07, 6.45) is 3.44. The van der Waals surface area contributed by atoms with E-state index < -0.39 is 12.0 Å². The molecule has 3 atom stereocenters. The van der Waals surface area contributed by atoms with Gasteiger partial charge in [-0.3, -0.25) is 4.79 Å². The Hall–Kier alpha value is -0.610. The predicted molar refractivity (Wildman–Crippen MR) is 71.7 cm³/mol. The van der Waals surface area contributed by atoms with Gasteiger partial charge in [0.15, 0.2) is 0 Å². The molecule has 0 aromatic carbocycles. The van der Waals surface area contributed by atoms with Crippen LogP contribution in [-0.2, 0) is 9.53 Å². The van der Waals surface area contributed by atoms with Crippen LogP contribution in [0.1, 0.15) is 53.4 Å². The maximum Gasteiger partial charge on any atom is 0.320 e. The van der Waals surface area contributed by atoms with Gasteiger partial charge >= 0.3 is 5.97 Å². The van der Waals surface area contributed by atoms with Gasteiger partial charge in [-0.05, 0) is 38.5 Å². The molecule has 3 unspecified atom stereocenters. The van der Waals surface area contributed by atoms with Crippen molar-refractivity contribution in [3.63, 3.8) is 0 Å². The highest BCUT2D eigenvalue weighted by molar-refractivity contribution is 5.73. The summed E-state index contributed by atoms with van der Waals surface area (Å²) in [5.74, 6) is -0.357. The number of carboxylic acid groups (broad SMARTS) is 1. The van der Waals surface area contributed by atoms with Crippen LogP contribution in [0, 0.1) is 5.92 Å². The number of carbonyl (C=O) groups is 1. The molecule has 1 saturated heterocycles. The van der Waals surface area contributed by atoms with E-state index in [-0.39, 0.29) is 11.6 Å². The van der Waals surface area contributed by atoms with E-state index >= 15 is 0 Å². The average Bonchev–Trinajstić information content (AvgIpc) is 2.27. The van der Waals surface area contributed by atoms with Crippen LogP contribution in [0.5, 0.6) is 0 Å². The van der Waals surface area contributed by atoms with Crippen LogP contribution in [0.15, 0.2) is 0 Å². The van der Waals surface area contributed by atoms with Crippen LogP contribution in [0.25, 0.3) is 0 Å². The summed E-state index contributed by atoms with van der Waals surface area (Å²) in [5, 5.41) is 12.5. The van der Waals surface area contributed by atoms with Crippen molar-refractivity contribution in [3.05, 3.63) is 0 Å². The van der Waals surface area contributed by atoms with Gasteiger partial charge in [-0.15, -0.1) is 0 Å². The molecule has 0 aromatic rings. The normalized spacial score (nSPS) is 30.4. The van der Waals surface area contributed by atoms with E-state index in [1.165, 1.54) is 0 Å². The molecule has 1 aliphatic rings. The summed E-state index contributed by atoms with van der Waals surface area (Å²) >= 11 is 0. The molecule has 18 heavy (non-hydrogen) atoms. The number of aliphatic carboxylic acids is 1. The summed E-state index contributed by atoms with van der Waals surface area (Å²) in [6, 6.07) is -0.183. The number of hydrogen-bond donors (Lipinski definition) is 2. The standard InChI is InChI=1S/C14H27NO3/c1-5-14(4)9-11(6-7-18-14)15-12(13(16)17)8-10(2)3/h10-12,15H,5-9H2,1-4H3,(H,16,17). The van der Waals surface area contributed by atoms with E-state index in [0.29, 0.717) is 12.3 Å². The van der Waals surface area contributed by atoms with Gasteiger partial charge in [0, 0.05) is 12.6 Å². The molecule has 0 bridgehead atoms. The lowest BCUT2D eigenvalue weighted by atomic mass is 9.89. The van der Waals surface area contributed by atoms with Crippen molar-refractivity contribution in [2.75, 3.05) is 6.61 Å². The molecule has 0 spiro atoms. The zero-order chi connectivity index (χ0) is 13.8. The topological polar surface area (TPSA) is 58.6 Å². The Bertz CT molecular complexity index is 280. The summed E-state index contributed by atoms with van der Waals surface area (Å²) in [6.45, 7) is 9.05. The molecule has 0 radical (unpaired) electrons.